The number of hydrogen-bond acceptors (Lipinski definition) is 5. The molecule has 1 aliphatic rings. The summed E-state index contributed by atoms with van der Waals surface area (Å²) in [5, 5.41) is 6.55. The lowest BCUT2D eigenvalue weighted by Gasteiger charge is -2.30. The number of hydrogen-bond donors (Lipinski definition) is 1. The van der Waals surface area contributed by atoms with E-state index in [9.17, 15) is 0 Å². The highest BCUT2D eigenvalue weighted by atomic mass is 32.1. The summed E-state index contributed by atoms with van der Waals surface area (Å²) < 4.78 is 5.36. The highest BCUT2D eigenvalue weighted by Gasteiger charge is 2.15. The largest absolute Gasteiger partial charge is 0.375 e. The second-order valence-corrected chi connectivity index (χ2v) is 8.79. The first-order chi connectivity index (χ1) is 13.5. The summed E-state index contributed by atoms with van der Waals surface area (Å²) in [4.78, 5) is 14.3. The number of rotatable bonds is 10. The van der Waals surface area contributed by atoms with Crippen molar-refractivity contribution in [2.45, 2.75) is 59.1 Å². The first-order valence-electron chi connectivity index (χ1n) is 10.7. The molecule has 1 aromatic heterocycles. The predicted molar refractivity (Wildman–Crippen MR) is 119 cm³/mol. The number of ether oxygens (including phenoxy) is 1. The Morgan fingerprint density at radius 2 is 2.32 bits per heavy atom. The maximum Gasteiger partial charge on any atom is 0.194 e. The molecule has 0 bridgehead atoms. The molecule has 0 spiro atoms. The average Bonchev–Trinajstić information content (AvgIpc) is 3.14. The summed E-state index contributed by atoms with van der Waals surface area (Å²) >= 11 is 1.66. The fourth-order valence-corrected chi connectivity index (χ4v) is 4.43. The van der Waals surface area contributed by atoms with Crippen LogP contribution in [0.4, 0.5) is 0 Å². The third-order valence-electron chi connectivity index (χ3n) is 5.25. The number of piperidine rings is 1. The molecule has 1 aromatic rings. The van der Waals surface area contributed by atoms with E-state index in [2.05, 4.69) is 41.4 Å². The van der Waals surface area contributed by atoms with Gasteiger partial charge in [-0.2, -0.15) is 0 Å². The van der Waals surface area contributed by atoms with Crippen molar-refractivity contribution < 1.29 is 4.74 Å². The summed E-state index contributed by atoms with van der Waals surface area (Å²) in [6.45, 7) is 12.8. The molecule has 1 aliphatic heterocycles. The van der Waals surface area contributed by atoms with E-state index in [0.717, 1.165) is 48.6 Å². The molecule has 160 valence electrons. The Kier molecular flexibility index (Phi) is 10.2. The molecule has 0 aromatic carbocycles. The molecule has 0 saturated carbocycles. The highest BCUT2D eigenvalue weighted by molar-refractivity contribution is 7.09. The molecule has 2 atom stereocenters. The molecule has 1 saturated heterocycles. The number of unbranched alkanes of at least 4 members (excludes halogenated alkanes) is 1. The smallest absolute Gasteiger partial charge is 0.194 e. The molecule has 0 amide bonds. The summed E-state index contributed by atoms with van der Waals surface area (Å²) in [7, 11) is 3.80. The fraction of sp³-hybridized carbons (Fsp3) is 0.810. The SMILES string of the molecule is CCNC(=NCCCCN1CCCC(C)C1)N(C)Cc1csc(C(C)OC)n1. The van der Waals surface area contributed by atoms with Crippen LogP contribution in [0.15, 0.2) is 10.4 Å². The molecule has 0 radical (unpaired) electrons. The van der Waals surface area contributed by atoms with E-state index in [0.29, 0.717) is 0 Å². The molecule has 1 fully saturated rings. The topological polar surface area (TPSA) is 53.0 Å². The third kappa shape index (κ3) is 7.68. The maximum absolute atomic E-state index is 5.36. The van der Waals surface area contributed by atoms with Crippen molar-refractivity contribution in [3.05, 3.63) is 16.1 Å². The molecule has 2 heterocycles. The van der Waals surface area contributed by atoms with Gasteiger partial charge in [-0.1, -0.05) is 6.92 Å². The van der Waals surface area contributed by atoms with Gasteiger partial charge in [0.25, 0.3) is 0 Å². The zero-order valence-corrected chi connectivity index (χ0v) is 19.2. The van der Waals surface area contributed by atoms with Crippen LogP contribution in [0.5, 0.6) is 0 Å². The number of likely N-dealkylation sites (tertiary alicyclic amines) is 1. The van der Waals surface area contributed by atoms with Gasteiger partial charge in [0.05, 0.1) is 12.2 Å². The summed E-state index contributed by atoms with van der Waals surface area (Å²) in [6.07, 6.45) is 5.16. The van der Waals surface area contributed by atoms with E-state index in [1.807, 2.05) is 6.92 Å². The molecule has 7 heteroatoms. The standard InChI is InChI=1S/C21H39N5OS/c1-6-22-21(23-11-7-8-12-26-13-9-10-17(2)14-26)25(4)15-19-16-28-20(24-19)18(3)27-5/h16-18H,6-15H2,1-5H3,(H,22,23). The second kappa shape index (κ2) is 12.4. The maximum atomic E-state index is 5.36. The highest BCUT2D eigenvalue weighted by Crippen LogP contribution is 2.21. The van der Waals surface area contributed by atoms with Crippen molar-refractivity contribution in [3.8, 4) is 0 Å². The van der Waals surface area contributed by atoms with Crippen molar-refractivity contribution in [1.29, 1.82) is 0 Å². The van der Waals surface area contributed by atoms with Crippen molar-refractivity contribution in [2.24, 2.45) is 10.9 Å². The molecule has 2 rings (SSSR count). The predicted octanol–water partition coefficient (Wildman–Crippen LogP) is 3.76. The Balaban J connectivity index is 1.77. The number of aliphatic imine (C=N–C) groups is 1. The van der Waals surface area contributed by atoms with Crippen LogP contribution in [-0.4, -0.2) is 67.6 Å². The summed E-state index contributed by atoms with van der Waals surface area (Å²) in [5.74, 6) is 1.82. The van der Waals surface area contributed by atoms with E-state index < -0.39 is 0 Å². The van der Waals surface area contributed by atoms with Crippen LogP contribution in [0.25, 0.3) is 0 Å². The van der Waals surface area contributed by atoms with E-state index in [4.69, 9.17) is 14.7 Å². The number of methoxy groups -OCH3 is 1. The Morgan fingerprint density at radius 3 is 3.04 bits per heavy atom. The Hall–Kier alpha value is -1.18. The first kappa shape index (κ1) is 23.1. The van der Waals surface area contributed by atoms with Gasteiger partial charge in [-0.05, 0) is 58.5 Å². The number of nitrogens with zero attached hydrogens (tertiary/aromatic N) is 4. The molecule has 1 N–H and O–H groups in total. The first-order valence-corrected chi connectivity index (χ1v) is 11.6. The van der Waals surface area contributed by atoms with Gasteiger partial charge in [0.2, 0.25) is 0 Å². The van der Waals surface area contributed by atoms with Crippen LogP contribution >= 0.6 is 11.3 Å². The molecular weight excluding hydrogens is 370 g/mol. The molecule has 28 heavy (non-hydrogen) atoms. The lowest BCUT2D eigenvalue weighted by molar-refractivity contribution is 0.119. The van der Waals surface area contributed by atoms with Gasteiger partial charge in [-0.25, -0.2) is 4.98 Å². The number of thiazole rings is 1. The van der Waals surface area contributed by atoms with E-state index in [1.165, 1.54) is 38.9 Å². The molecular formula is C21H39N5OS. The third-order valence-corrected chi connectivity index (χ3v) is 6.31. The van der Waals surface area contributed by atoms with Gasteiger partial charge in [-0.15, -0.1) is 11.3 Å². The Labute approximate surface area is 175 Å². The van der Waals surface area contributed by atoms with Crippen LogP contribution in [0, 0.1) is 5.92 Å². The van der Waals surface area contributed by atoms with Gasteiger partial charge in [-0.3, -0.25) is 4.99 Å². The summed E-state index contributed by atoms with van der Waals surface area (Å²) in [5.41, 5.74) is 1.07. The minimum absolute atomic E-state index is 0.0499. The minimum atomic E-state index is 0.0499. The number of guanidine groups is 1. The lowest BCUT2D eigenvalue weighted by Crippen LogP contribution is -2.38. The zero-order valence-electron chi connectivity index (χ0n) is 18.4. The molecule has 0 aliphatic carbocycles. The van der Waals surface area contributed by atoms with Crippen LogP contribution in [0.2, 0.25) is 0 Å². The van der Waals surface area contributed by atoms with Crippen LogP contribution < -0.4 is 5.32 Å². The van der Waals surface area contributed by atoms with Crippen molar-refractivity contribution in [3.63, 3.8) is 0 Å². The quantitative estimate of drug-likeness (QED) is 0.362. The average molecular weight is 410 g/mol. The van der Waals surface area contributed by atoms with Crippen molar-refractivity contribution in [1.82, 2.24) is 20.1 Å². The van der Waals surface area contributed by atoms with E-state index >= 15 is 0 Å². The van der Waals surface area contributed by atoms with Crippen molar-refractivity contribution in [2.75, 3.05) is 46.9 Å². The molecule has 6 nitrogen and oxygen atoms in total. The zero-order chi connectivity index (χ0) is 20.4. The van der Waals surface area contributed by atoms with Gasteiger partial charge >= 0.3 is 0 Å². The van der Waals surface area contributed by atoms with Gasteiger partial charge < -0.3 is 19.9 Å². The number of aromatic nitrogens is 1. The second-order valence-electron chi connectivity index (χ2n) is 7.90. The van der Waals surface area contributed by atoms with Gasteiger partial charge in [0.15, 0.2) is 5.96 Å². The van der Waals surface area contributed by atoms with Crippen molar-refractivity contribution >= 4 is 17.3 Å². The Morgan fingerprint density at radius 1 is 1.50 bits per heavy atom. The van der Waals surface area contributed by atoms with E-state index in [-0.39, 0.29) is 6.10 Å². The number of nitrogens with one attached hydrogen (secondary N) is 1. The van der Waals surface area contributed by atoms with Crippen LogP contribution in [-0.2, 0) is 11.3 Å². The van der Waals surface area contributed by atoms with E-state index in [1.54, 1.807) is 18.4 Å². The minimum Gasteiger partial charge on any atom is -0.375 e. The molecule has 2 unspecified atom stereocenters. The van der Waals surface area contributed by atoms with Gasteiger partial charge in [0.1, 0.15) is 11.1 Å². The summed E-state index contributed by atoms with van der Waals surface area (Å²) in [6, 6.07) is 0. The monoisotopic (exact) mass is 409 g/mol. The fourth-order valence-electron chi connectivity index (χ4n) is 3.59. The van der Waals surface area contributed by atoms with Crippen LogP contribution in [0.1, 0.15) is 63.3 Å². The van der Waals surface area contributed by atoms with Crippen LogP contribution in [0.3, 0.4) is 0 Å². The normalized spacial score (nSPS) is 19.6. The lowest BCUT2D eigenvalue weighted by atomic mass is 10.0. The van der Waals surface area contributed by atoms with Gasteiger partial charge in [0, 0.05) is 39.2 Å². The Bertz CT molecular complexity index is 591.